The van der Waals surface area contributed by atoms with Crippen molar-refractivity contribution in [1.82, 2.24) is 0 Å². The number of benzene rings is 2. The Morgan fingerprint density at radius 3 is 2.54 bits per heavy atom. The normalized spacial score (nSPS) is 12.6. The predicted molar refractivity (Wildman–Crippen MR) is 101 cm³/mol. The molecule has 0 aliphatic rings. The van der Waals surface area contributed by atoms with Crippen LogP contribution in [0.15, 0.2) is 48.5 Å². The summed E-state index contributed by atoms with van der Waals surface area (Å²) in [5.74, 6) is -1.69. The highest BCUT2D eigenvalue weighted by atomic mass is 35.5. The standard InChI is InChI=1S/C20H17ClF3NO3/c1-12-4-3-5-14(10-12)6-9-18(26)28-13(2)19(27)25-17-8-7-15(21)11-16(17)20(22,23)24/h3-11,13H,1-2H3,(H,25,27)/b9-6+/t13-/m1/s1. The first-order chi connectivity index (χ1) is 13.1. The number of anilines is 1. The van der Waals surface area contributed by atoms with Crippen LogP contribution >= 0.6 is 11.6 Å². The number of halogens is 4. The van der Waals surface area contributed by atoms with Crippen LogP contribution in [0.4, 0.5) is 18.9 Å². The summed E-state index contributed by atoms with van der Waals surface area (Å²) in [5, 5.41) is 1.99. The monoisotopic (exact) mass is 411 g/mol. The Morgan fingerprint density at radius 1 is 1.18 bits per heavy atom. The fourth-order valence-electron chi connectivity index (χ4n) is 2.30. The second-order valence-electron chi connectivity index (χ2n) is 6.00. The molecule has 0 unspecified atom stereocenters. The van der Waals surface area contributed by atoms with Gasteiger partial charge in [-0.3, -0.25) is 4.79 Å². The Hall–Kier alpha value is -2.80. The molecule has 0 saturated heterocycles. The molecule has 1 N–H and O–H groups in total. The van der Waals surface area contributed by atoms with Crippen molar-refractivity contribution in [3.05, 3.63) is 70.3 Å². The molecule has 148 valence electrons. The van der Waals surface area contributed by atoms with Crippen molar-refractivity contribution < 1.29 is 27.5 Å². The topological polar surface area (TPSA) is 55.4 Å². The maximum absolute atomic E-state index is 13.1. The number of aryl methyl sites for hydroxylation is 1. The largest absolute Gasteiger partial charge is 0.449 e. The van der Waals surface area contributed by atoms with Gasteiger partial charge in [0.2, 0.25) is 0 Å². The molecule has 0 saturated carbocycles. The Morgan fingerprint density at radius 2 is 1.89 bits per heavy atom. The fraction of sp³-hybridized carbons (Fsp3) is 0.200. The number of alkyl halides is 3. The van der Waals surface area contributed by atoms with Crippen molar-refractivity contribution in [3.8, 4) is 0 Å². The summed E-state index contributed by atoms with van der Waals surface area (Å²) in [6.07, 6.45) is -3.35. The van der Waals surface area contributed by atoms with Gasteiger partial charge in [0.05, 0.1) is 11.3 Å². The number of ether oxygens (including phenoxy) is 1. The molecule has 0 radical (unpaired) electrons. The summed E-state index contributed by atoms with van der Waals surface area (Å²) in [5.41, 5.74) is 0.211. The van der Waals surface area contributed by atoms with Crippen LogP contribution in [0.3, 0.4) is 0 Å². The van der Waals surface area contributed by atoms with Crippen LogP contribution in [0.1, 0.15) is 23.6 Å². The maximum Gasteiger partial charge on any atom is 0.418 e. The van der Waals surface area contributed by atoms with Crippen molar-refractivity contribution in [2.45, 2.75) is 26.1 Å². The minimum absolute atomic E-state index is 0.119. The lowest BCUT2D eigenvalue weighted by molar-refractivity contribution is -0.148. The summed E-state index contributed by atoms with van der Waals surface area (Å²) < 4.78 is 44.2. The Labute approximate surface area is 165 Å². The predicted octanol–water partition coefficient (Wildman–Crippen LogP) is 5.25. The Balaban J connectivity index is 2.02. The molecule has 1 atom stereocenters. The number of amides is 1. The number of carbonyl (C=O) groups is 2. The van der Waals surface area contributed by atoms with Gasteiger partial charge < -0.3 is 10.1 Å². The summed E-state index contributed by atoms with van der Waals surface area (Å²) in [6, 6.07) is 10.3. The van der Waals surface area contributed by atoms with Crippen molar-refractivity contribution in [3.63, 3.8) is 0 Å². The lowest BCUT2D eigenvalue weighted by atomic mass is 10.1. The first kappa shape index (κ1) is 21.5. The quantitative estimate of drug-likeness (QED) is 0.540. The van der Waals surface area contributed by atoms with Crippen LogP contribution in [0, 0.1) is 6.92 Å². The molecule has 2 aromatic rings. The molecule has 0 heterocycles. The van der Waals surface area contributed by atoms with Gasteiger partial charge >= 0.3 is 12.1 Å². The highest BCUT2D eigenvalue weighted by molar-refractivity contribution is 6.30. The van der Waals surface area contributed by atoms with E-state index in [1.807, 2.05) is 25.1 Å². The minimum Gasteiger partial charge on any atom is -0.449 e. The van der Waals surface area contributed by atoms with E-state index in [4.69, 9.17) is 16.3 Å². The van der Waals surface area contributed by atoms with Gasteiger partial charge in [0.15, 0.2) is 6.10 Å². The van der Waals surface area contributed by atoms with Gasteiger partial charge in [-0.1, -0.05) is 41.4 Å². The molecule has 0 fully saturated rings. The zero-order chi connectivity index (χ0) is 20.9. The molecule has 4 nitrogen and oxygen atoms in total. The average molecular weight is 412 g/mol. The van der Waals surface area contributed by atoms with E-state index in [0.717, 1.165) is 23.3 Å². The van der Waals surface area contributed by atoms with E-state index in [1.165, 1.54) is 19.1 Å². The smallest absolute Gasteiger partial charge is 0.418 e. The van der Waals surface area contributed by atoms with Gasteiger partial charge in [0.25, 0.3) is 5.91 Å². The zero-order valence-corrected chi connectivity index (χ0v) is 15.8. The second-order valence-corrected chi connectivity index (χ2v) is 6.44. The lowest BCUT2D eigenvalue weighted by Crippen LogP contribution is -2.30. The van der Waals surface area contributed by atoms with E-state index < -0.39 is 35.4 Å². The number of hydrogen-bond donors (Lipinski definition) is 1. The molecular formula is C20H17ClF3NO3. The van der Waals surface area contributed by atoms with Crippen LogP contribution < -0.4 is 5.32 Å². The van der Waals surface area contributed by atoms with E-state index >= 15 is 0 Å². The first-order valence-corrected chi connectivity index (χ1v) is 8.57. The van der Waals surface area contributed by atoms with Crippen LogP contribution in [-0.4, -0.2) is 18.0 Å². The molecule has 2 aromatic carbocycles. The van der Waals surface area contributed by atoms with Crippen LogP contribution in [0.25, 0.3) is 6.08 Å². The molecule has 8 heteroatoms. The van der Waals surface area contributed by atoms with Crippen molar-refractivity contribution in [2.24, 2.45) is 0 Å². The van der Waals surface area contributed by atoms with Gasteiger partial charge in [0.1, 0.15) is 0 Å². The fourth-order valence-corrected chi connectivity index (χ4v) is 2.47. The number of rotatable bonds is 5. The highest BCUT2D eigenvalue weighted by Gasteiger charge is 2.34. The molecule has 0 aromatic heterocycles. The lowest BCUT2D eigenvalue weighted by Gasteiger charge is -2.16. The van der Waals surface area contributed by atoms with Gasteiger partial charge in [-0.2, -0.15) is 13.2 Å². The van der Waals surface area contributed by atoms with Crippen molar-refractivity contribution in [1.29, 1.82) is 0 Å². The molecular weight excluding hydrogens is 395 g/mol. The van der Waals surface area contributed by atoms with Gasteiger partial charge in [0, 0.05) is 11.1 Å². The first-order valence-electron chi connectivity index (χ1n) is 8.19. The molecule has 0 spiro atoms. The maximum atomic E-state index is 13.1. The Kier molecular flexibility index (Phi) is 6.85. The summed E-state index contributed by atoms with van der Waals surface area (Å²) in [7, 11) is 0. The van der Waals surface area contributed by atoms with Crippen molar-refractivity contribution in [2.75, 3.05) is 5.32 Å². The average Bonchev–Trinajstić information content (AvgIpc) is 2.60. The number of nitrogens with one attached hydrogen (secondary N) is 1. The van der Waals surface area contributed by atoms with E-state index in [-0.39, 0.29) is 5.02 Å². The summed E-state index contributed by atoms with van der Waals surface area (Å²) >= 11 is 5.60. The van der Waals surface area contributed by atoms with E-state index in [0.29, 0.717) is 6.07 Å². The Bertz CT molecular complexity index is 910. The third-order valence-electron chi connectivity index (χ3n) is 3.66. The van der Waals surface area contributed by atoms with Crippen molar-refractivity contribution >= 4 is 35.2 Å². The molecule has 0 aliphatic carbocycles. The van der Waals surface area contributed by atoms with Gasteiger partial charge in [-0.05, 0) is 43.7 Å². The molecule has 2 rings (SSSR count). The van der Waals surface area contributed by atoms with Gasteiger partial charge in [-0.15, -0.1) is 0 Å². The number of hydrogen-bond acceptors (Lipinski definition) is 3. The zero-order valence-electron chi connectivity index (χ0n) is 15.0. The highest BCUT2D eigenvalue weighted by Crippen LogP contribution is 2.36. The molecule has 0 bridgehead atoms. The van der Waals surface area contributed by atoms with Crippen LogP contribution in [0.2, 0.25) is 5.02 Å². The van der Waals surface area contributed by atoms with Crippen LogP contribution in [-0.2, 0) is 20.5 Å². The van der Waals surface area contributed by atoms with E-state index in [1.54, 1.807) is 6.07 Å². The summed E-state index contributed by atoms with van der Waals surface area (Å²) in [6.45, 7) is 3.16. The minimum atomic E-state index is -4.70. The second kappa shape index (κ2) is 8.93. The number of carbonyl (C=O) groups excluding carboxylic acids is 2. The third kappa shape index (κ3) is 6.13. The van der Waals surface area contributed by atoms with E-state index in [9.17, 15) is 22.8 Å². The molecule has 28 heavy (non-hydrogen) atoms. The van der Waals surface area contributed by atoms with E-state index in [2.05, 4.69) is 5.32 Å². The summed E-state index contributed by atoms with van der Waals surface area (Å²) in [4.78, 5) is 24.0. The molecule has 1 amide bonds. The number of esters is 1. The van der Waals surface area contributed by atoms with Gasteiger partial charge in [-0.25, -0.2) is 4.79 Å². The SMILES string of the molecule is Cc1cccc(/C=C/C(=O)O[C@H](C)C(=O)Nc2ccc(Cl)cc2C(F)(F)F)c1. The van der Waals surface area contributed by atoms with Crippen LogP contribution in [0.5, 0.6) is 0 Å². The molecule has 0 aliphatic heterocycles. The third-order valence-corrected chi connectivity index (χ3v) is 3.90.